The second-order valence-electron chi connectivity index (χ2n) is 4.50. The molecule has 102 valence electrons. The molecular formula is C14H24BrN3. The summed E-state index contributed by atoms with van der Waals surface area (Å²) in [6.07, 6.45) is 1.15. The first-order valence-electron chi connectivity index (χ1n) is 6.60. The van der Waals surface area contributed by atoms with E-state index in [-0.39, 0.29) is 0 Å². The van der Waals surface area contributed by atoms with Crippen LogP contribution in [-0.4, -0.2) is 31.1 Å². The fraction of sp³-hybridized carbons (Fsp3) is 0.571. The Kier molecular flexibility index (Phi) is 6.50. The molecule has 1 aromatic rings. The summed E-state index contributed by atoms with van der Waals surface area (Å²) in [7, 11) is 0. The molecule has 0 unspecified atom stereocenters. The van der Waals surface area contributed by atoms with Crippen LogP contribution >= 0.6 is 15.9 Å². The average Bonchev–Trinajstić information content (AvgIpc) is 2.35. The zero-order valence-corrected chi connectivity index (χ0v) is 13.2. The third-order valence-corrected chi connectivity index (χ3v) is 3.87. The molecule has 0 spiro atoms. The molecular weight excluding hydrogens is 290 g/mol. The Hall–Kier alpha value is -0.740. The molecule has 0 amide bonds. The predicted octanol–water partition coefficient (Wildman–Crippen LogP) is 3.48. The minimum Gasteiger partial charge on any atom is -0.398 e. The van der Waals surface area contributed by atoms with Crippen molar-refractivity contribution in [2.45, 2.75) is 27.2 Å². The van der Waals surface area contributed by atoms with Crippen LogP contribution in [0.15, 0.2) is 16.6 Å². The molecule has 3 N–H and O–H groups in total. The smallest absolute Gasteiger partial charge is 0.0488 e. The number of nitrogen functional groups attached to an aromatic ring is 1. The summed E-state index contributed by atoms with van der Waals surface area (Å²) in [6.45, 7) is 10.8. The standard InChI is InChI=1S/C14H24BrN3/c1-4-18(5-2)8-6-7-17-14-9-11(3)13(16)10-12(14)15/h9-10,17H,4-8,16H2,1-3H3. The predicted molar refractivity (Wildman–Crippen MR) is 84.2 cm³/mol. The average molecular weight is 314 g/mol. The van der Waals surface area contributed by atoms with Crippen molar-refractivity contribution in [3.8, 4) is 0 Å². The number of hydrogen-bond acceptors (Lipinski definition) is 3. The van der Waals surface area contributed by atoms with Gasteiger partial charge in [0.15, 0.2) is 0 Å². The highest BCUT2D eigenvalue weighted by molar-refractivity contribution is 9.10. The molecule has 0 radical (unpaired) electrons. The molecule has 4 heteroatoms. The van der Waals surface area contributed by atoms with Gasteiger partial charge in [0.25, 0.3) is 0 Å². The van der Waals surface area contributed by atoms with Crippen molar-refractivity contribution in [1.82, 2.24) is 4.90 Å². The second-order valence-corrected chi connectivity index (χ2v) is 5.35. The molecule has 0 saturated carbocycles. The molecule has 0 aliphatic carbocycles. The SMILES string of the molecule is CCN(CC)CCCNc1cc(C)c(N)cc1Br. The summed E-state index contributed by atoms with van der Waals surface area (Å²) in [5.74, 6) is 0. The van der Waals surface area contributed by atoms with Crippen molar-refractivity contribution in [3.05, 3.63) is 22.2 Å². The van der Waals surface area contributed by atoms with Crippen LogP contribution < -0.4 is 11.1 Å². The first-order valence-corrected chi connectivity index (χ1v) is 7.39. The zero-order chi connectivity index (χ0) is 13.5. The third kappa shape index (κ3) is 4.50. The number of halogens is 1. The quantitative estimate of drug-likeness (QED) is 0.598. The Labute approximate surface area is 119 Å². The first-order chi connectivity index (χ1) is 8.58. The summed E-state index contributed by atoms with van der Waals surface area (Å²) < 4.78 is 1.04. The van der Waals surface area contributed by atoms with Crippen LogP contribution in [0.3, 0.4) is 0 Å². The maximum atomic E-state index is 5.86. The largest absolute Gasteiger partial charge is 0.398 e. The lowest BCUT2D eigenvalue weighted by atomic mass is 10.2. The van der Waals surface area contributed by atoms with Gasteiger partial charge in [-0.15, -0.1) is 0 Å². The number of nitrogens with one attached hydrogen (secondary N) is 1. The van der Waals surface area contributed by atoms with Crippen molar-refractivity contribution in [3.63, 3.8) is 0 Å². The van der Waals surface area contributed by atoms with E-state index in [4.69, 9.17) is 5.73 Å². The third-order valence-electron chi connectivity index (χ3n) is 3.22. The first kappa shape index (κ1) is 15.3. The van der Waals surface area contributed by atoms with Gasteiger partial charge < -0.3 is 16.0 Å². The second kappa shape index (κ2) is 7.64. The van der Waals surface area contributed by atoms with Crippen LogP contribution in [0.25, 0.3) is 0 Å². The summed E-state index contributed by atoms with van der Waals surface area (Å²) in [4.78, 5) is 2.44. The van der Waals surface area contributed by atoms with E-state index in [2.05, 4.69) is 46.1 Å². The molecule has 3 nitrogen and oxygen atoms in total. The molecule has 0 saturated heterocycles. The lowest BCUT2D eigenvalue weighted by Gasteiger charge is -2.18. The molecule has 0 fully saturated rings. The minimum atomic E-state index is 0.829. The topological polar surface area (TPSA) is 41.3 Å². The number of hydrogen-bond donors (Lipinski definition) is 2. The molecule has 0 heterocycles. The van der Waals surface area contributed by atoms with Gasteiger partial charge in [0.2, 0.25) is 0 Å². The van der Waals surface area contributed by atoms with Crippen LogP contribution in [-0.2, 0) is 0 Å². The van der Waals surface area contributed by atoms with Gasteiger partial charge in [0.1, 0.15) is 0 Å². The monoisotopic (exact) mass is 313 g/mol. The van der Waals surface area contributed by atoms with E-state index in [9.17, 15) is 0 Å². The Morgan fingerprint density at radius 3 is 2.56 bits per heavy atom. The van der Waals surface area contributed by atoms with E-state index >= 15 is 0 Å². The van der Waals surface area contributed by atoms with Gasteiger partial charge >= 0.3 is 0 Å². The normalized spacial score (nSPS) is 10.9. The maximum absolute atomic E-state index is 5.86. The Balaban J connectivity index is 2.42. The van der Waals surface area contributed by atoms with Crippen molar-refractivity contribution in [2.24, 2.45) is 0 Å². The minimum absolute atomic E-state index is 0.829. The van der Waals surface area contributed by atoms with Gasteiger partial charge in [-0.25, -0.2) is 0 Å². The number of nitrogens with two attached hydrogens (primary N) is 1. The highest BCUT2D eigenvalue weighted by atomic mass is 79.9. The Morgan fingerprint density at radius 1 is 1.28 bits per heavy atom. The number of rotatable bonds is 7. The molecule has 0 aliphatic rings. The highest BCUT2D eigenvalue weighted by Gasteiger charge is 2.03. The Bertz CT molecular complexity index is 376. The molecule has 0 aromatic heterocycles. The summed E-state index contributed by atoms with van der Waals surface area (Å²) in [6, 6.07) is 4.05. The van der Waals surface area contributed by atoms with Gasteiger partial charge in [0.05, 0.1) is 0 Å². The van der Waals surface area contributed by atoms with E-state index < -0.39 is 0 Å². The Morgan fingerprint density at radius 2 is 1.94 bits per heavy atom. The van der Waals surface area contributed by atoms with Crippen molar-refractivity contribution in [2.75, 3.05) is 37.2 Å². The van der Waals surface area contributed by atoms with Gasteiger partial charge in [0, 0.05) is 22.4 Å². The number of nitrogens with zero attached hydrogens (tertiary/aromatic N) is 1. The summed E-state index contributed by atoms with van der Waals surface area (Å²) in [5.41, 5.74) is 8.93. The molecule has 0 atom stereocenters. The lowest BCUT2D eigenvalue weighted by Crippen LogP contribution is -2.25. The van der Waals surface area contributed by atoms with Crippen LogP contribution in [0.2, 0.25) is 0 Å². The van der Waals surface area contributed by atoms with E-state index in [1.54, 1.807) is 0 Å². The van der Waals surface area contributed by atoms with Crippen LogP contribution in [0.1, 0.15) is 25.8 Å². The van der Waals surface area contributed by atoms with Crippen LogP contribution in [0.5, 0.6) is 0 Å². The van der Waals surface area contributed by atoms with E-state index in [1.165, 1.54) is 0 Å². The van der Waals surface area contributed by atoms with Gasteiger partial charge in [-0.05, 0) is 66.6 Å². The van der Waals surface area contributed by atoms with Gasteiger partial charge in [-0.2, -0.15) is 0 Å². The van der Waals surface area contributed by atoms with Crippen molar-refractivity contribution >= 4 is 27.3 Å². The molecule has 1 aromatic carbocycles. The number of aryl methyl sites for hydroxylation is 1. The lowest BCUT2D eigenvalue weighted by molar-refractivity contribution is 0.303. The van der Waals surface area contributed by atoms with Gasteiger partial charge in [-0.1, -0.05) is 13.8 Å². The summed E-state index contributed by atoms with van der Waals surface area (Å²) >= 11 is 3.54. The van der Waals surface area contributed by atoms with Crippen LogP contribution in [0, 0.1) is 6.92 Å². The van der Waals surface area contributed by atoms with E-state index in [1.807, 2.05) is 13.0 Å². The van der Waals surface area contributed by atoms with Crippen molar-refractivity contribution < 1.29 is 0 Å². The molecule has 0 bridgehead atoms. The van der Waals surface area contributed by atoms with Crippen LogP contribution in [0.4, 0.5) is 11.4 Å². The zero-order valence-electron chi connectivity index (χ0n) is 11.6. The van der Waals surface area contributed by atoms with E-state index in [0.29, 0.717) is 0 Å². The van der Waals surface area contributed by atoms with Gasteiger partial charge in [-0.3, -0.25) is 0 Å². The van der Waals surface area contributed by atoms with Crippen molar-refractivity contribution in [1.29, 1.82) is 0 Å². The molecule has 1 rings (SSSR count). The molecule has 0 aliphatic heterocycles. The maximum Gasteiger partial charge on any atom is 0.0488 e. The number of anilines is 2. The fourth-order valence-corrected chi connectivity index (χ4v) is 2.40. The number of benzene rings is 1. The highest BCUT2D eigenvalue weighted by Crippen LogP contribution is 2.27. The summed E-state index contributed by atoms with van der Waals surface area (Å²) in [5, 5.41) is 3.46. The fourth-order valence-electron chi connectivity index (χ4n) is 1.90. The molecule has 18 heavy (non-hydrogen) atoms. The van der Waals surface area contributed by atoms with E-state index in [0.717, 1.165) is 54.0 Å².